The molecule has 35 heavy (non-hydrogen) atoms. The second-order valence-electron chi connectivity index (χ2n) is 8.63. The maximum atomic E-state index is 13.1. The van der Waals surface area contributed by atoms with Gasteiger partial charge in [-0.25, -0.2) is 4.39 Å². The number of hydrogen-bond donors (Lipinski definition) is 1. The van der Waals surface area contributed by atoms with Crippen LogP contribution in [0.5, 0.6) is 11.5 Å². The summed E-state index contributed by atoms with van der Waals surface area (Å²) in [6.45, 7) is 1.19. The molecule has 1 aliphatic heterocycles. The van der Waals surface area contributed by atoms with E-state index in [1.54, 1.807) is 18.2 Å². The van der Waals surface area contributed by atoms with Gasteiger partial charge in [0.15, 0.2) is 18.1 Å². The van der Waals surface area contributed by atoms with E-state index in [0.717, 1.165) is 32.4 Å². The number of ether oxygens (including phenoxy) is 2. The monoisotopic (exact) mass is 476 g/mol. The Morgan fingerprint density at radius 2 is 1.69 bits per heavy atom. The first kappa shape index (κ1) is 24.3. The Morgan fingerprint density at radius 3 is 2.37 bits per heavy atom. The van der Waals surface area contributed by atoms with E-state index in [-0.39, 0.29) is 18.3 Å². The highest BCUT2D eigenvalue weighted by Crippen LogP contribution is 2.30. The molecule has 0 radical (unpaired) electrons. The Kier molecular flexibility index (Phi) is 7.98. The van der Waals surface area contributed by atoms with Gasteiger partial charge in [-0.2, -0.15) is 0 Å². The Morgan fingerprint density at radius 1 is 0.971 bits per heavy atom. The zero-order valence-corrected chi connectivity index (χ0v) is 19.7. The molecule has 2 amide bonds. The fraction of sp³-hybridized carbons (Fsp3) is 0.286. The minimum atomic E-state index is -0.391. The SMILES string of the molecule is COc1cc(C(=O)N2CCC(Cc3ccccc3)CC2)ccc1OCC(=O)Nc1ccc(F)cc1. The molecular weight excluding hydrogens is 447 g/mol. The van der Waals surface area contributed by atoms with E-state index >= 15 is 0 Å². The minimum absolute atomic E-state index is 0.0398. The highest BCUT2D eigenvalue weighted by molar-refractivity contribution is 5.95. The zero-order valence-electron chi connectivity index (χ0n) is 19.7. The number of halogens is 1. The van der Waals surface area contributed by atoms with Crippen LogP contribution in [0.4, 0.5) is 10.1 Å². The van der Waals surface area contributed by atoms with Gasteiger partial charge >= 0.3 is 0 Å². The third-order valence-electron chi connectivity index (χ3n) is 6.17. The van der Waals surface area contributed by atoms with Gasteiger partial charge in [-0.05, 0) is 73.2 Å². The smallest absolute Gasteiger partial charge is 0.262 e. The Hall–Kier alpha value is -3.87. The van der Waals surface area contributed by atoms with Gasteiger partial charge in [-0.1, -0.05) is 30.3 Å². The molecule has 0 saturated carbocycles. The number of anilines is 1. The molecular formula is C28H29FN2O4. The molecule has 3 aromatic rings. The summed E-state index contributed by atoms with van der Waals surface area (Å²) >= 11 is 0. The van der Waals surface area contributed by atoms with Gasteiger partial charge in [0.05, 0.1) is 7.11 Å². The lowest BCUT2D eigenvalue weighted by Crippen LogP contribution is -2.38. The van der Waals surface area contributed by atoms with Crippen molar-refractivity contribution >= 4 is 17.5 Å². The van der Waals surface area contributed by atoms with Crippen molar-refractivity contribution in [2.24, 2.45) is 5.92 Å². The molecule has 1 fully saturated rings. The number of piperidine rings is 1. The highest BCUT2D eigenvalue weighted by atomic mass is 19.1. The number of amides is 2. The fourth-order valence-electron chi connectivity index (χ4n) is 4.26. The van der Waals surface area contributed by atoms with Crippen LogP contribution in [0.15, 0.2) is 72.8 Å². The van der Waals surface area contributed by atoms with E-state index in [9.17, 15) is 14.0 Å². The van der Waals surface area contributed by atoms with Gasteiger partial charge in [0.2, 0.25) is 0 Å². The molecule has 0 aliphatic carbocycles. The third-order valence-corrected chi connectivity index (χ3v) is 6.17. The van der Waals surface area contributed by atoms with E-state index in [1.807, 2.05) is 11.0 Å². The molecule has 0 atom stereocenters. The molecule has 182 valence electrons. The summed E-state index contributed by atoms with van der Waals surface area (Å²) in [5.41, 5.74) is 2.33. The average Bonchev–Trinajstić information content (AvgIpc) is 2.89. The summed E-state index contributed by atoms with van der Waals surface area (Å²) in [7, 11) is 1.49. The fourth-order valence-corrected chi connectivity index (χ4v) is 4.26. The first-order valence-electron chi connectivity index (χ1n) is 11.7. The van der Waals surface area contributed by atoms with Crippen LogP contribution in [0.1, 0.15) is 28.8 Å². The van der Waals surface area contributed by atoms with Gasteiger partial charge < -0.3 is 19.7 Å². The molecule has 3 aromatic carbocycles. The number of methoxy groups -OCH3 is 1. The lowest BCUT2D eigenvalue weighted by molar-refractivity contribution is -0.118. The van der Waals surface area contributed by atoms with Crippen LogP contribution >= 0.6 is 0 Å². The number of hydrogen-bond acceptors (Lipinski definition) is 4. The number of nitrogens with one attached hydrogen (secondary N) is 1. The van der Waals surface area contributed by atoms with Crippen molar-refractivity contribution in [1.82, 2.24) is 4.90 Å². The van der Waals surface area contributed by atoms with Crippen LogP contribution in [0.25, 0.3) is 0 Å². The highest BCUT2D eigenvalue weighted by Gasteiger charge is 2.24. The summed E-state index contributed by atoms with van der Waals surface area (Å²) in [6, 6.07) is 20.9. The predicted molar refractivity (Wildman–Crippen MR) is 132 cm³/mol. The van der Waals surface area contributed by atoms with Crippen LogP contribution in [0.2, 0.25) is 0 Å². The van der Waals surface area contributed by atoms with Crippen LogP contribution in [0.3, 0.4) is 0 Å². The first-order valence-corrected chi connectivity index (χ1v) is 11.7. The normalized spacial score (nSPS) is 13.8. The van der Waals surface area contributed by atoms with E-state index in [2.05, 4.69) is 29.6 Å². The first-order chi connectivity index (χ1) is 17.0. The summed E-state index contributed by atoms with van der Waals surface area (Å²) in [4.78, 5) is 27.1. The third kappa shape index (κ3) is 6.59. The van der Waals surface area contributed by atoms with Crippen LogP contribution in [0, 0.1) is 11.7 Å². The van der Waals surface area contributed by atoms with Gasteiger partial charge in [-0.3, -0.25) is 9.59 Å². The summed E-state index contributed by atoms with van der Waals surface area (Å²) in [5, 5.41) is 2.64. The molecule has 1 aliphatic rings. The molecule has 6 nitrogen and oxygen atoms in total. The number of benzene rings is 3. The summed E-state index contributed by atoms with van der Waals surface area (Å²) in [5.74, 6) is 0.506. The van der Waals surface area contributed by atoms with Crippen LogP contribution < -0.4 is 14.8 Å². The number of rotatable bonds is 8. The quantitative estimate of drug-likeness (QED) is 0.500. The van der Waals surface area contributed by atoms with E-state index in [4.69, 9.17) is 9.47 Å². The Balaban J connectivity index is 1.30. The number of carbonyl (C=O) groups excluding carboxylic acids is 2. The molecule has 1 saturated heterocycles. The largest absolute Gasteiger partial charge is 0.493 e. The van der Waals surface area contributed by atoms with Gasteiger partial charge in [-0.15, -0.1) is 0 Å². The average molecular weight is 477 g/mol. The van der Waals surface area contributed by atoms with E-state index < -0.39 is 5.91 Å². The van der Waals surface area contributed by atoms with Crippen LogP contribution in [-0.2, 0) is 11.2 Å². The van der Waals surface area contributed by atoms with Gasteiger partial charge in [0.1, 0.15) is 5.82 Å². The van der Waals surface area contributed by atoms with Crippen molar-refractivity contribution < 1.29 is 23.5 Å². The van der Waals surface area contributed by atoms with Crippen molar-refractivity contribution in [2.45, 2.75) is 19.3 Å². The van der Waals surface area contributed by atoms with E-state index in [1.165, 1.54) is 36.9 Å². The molecule has 0 spiro atoms. The van der Waals surface area contributed by atoms with Gasteiger partial charge in [0.25, 0.3) is 11.8 Å². The second-order valence-corrected chi connectivity index (χ2v) is 8.63. The molecule has 1 N–H and O–H groups in total. The minimum Gasteiger partial charge on any atom is -0.493 e. The summed E-state index contributed by atoms with van der Waals surface area (Å²) in [6.07, 6.45) is 2.99. The lowest BCUT2D eigenvalue weighted by Gasteiger charge is -2.32. The second kappa shape index (κ2) is 11.5. The lowest BCUT2D eigenvalue weighted by atomic mass is 9.90. The number of likely N-dealkylation sites (tertiary alicyclic amines) is 1. The van der Waals surface area contributed by atoms with Gasteiger partial charge in [0, 0.05) is 24.3 Å². The maximum absolute atomic E-state index is 13.1. The van der Waals surface area contributed by atoms with E-state index in [0.29, 0.717) is 28.7 Å². The van der Waals surface area contributed by atoms with Crippen molar-refractivity contribution in [3.8, 4) is 11.5 Å². The topological polar surface area (TPSA) is 67.9 Å². The number of carbonyl (C=O) groups is 2. The standard InChI is InChI=1S/C28H29FN2O4/c1-34-26-18-22(7-12-25(26)35-19-27(32)30-24-10-8-23(29)9-11-24)28(33)31-15-13-21(14-16-31)17-20-5-3-2-4-6-20/h2-12,18,21H,13-17,19H2,1H3,(H,30,32). The van der Waals surface area contributed by atoms with Crippen LogP contribution in [-0.4, -0.2) is 43.5 Å². The van der Waals surface area contributed by atoms with Crippen molar-refractivity contribution in [2.75, 3.05) is 32.1 Å². The zero-order chi connectivity index (χ0) is 24.6. The molecule has 7 heteroatoms. The van der Waals surface area contributed by atoms with Crippen molar-refractivity contribution in [3.05, 3.63) is 89.7 Å². The Labute approximate surface area is 204 Å². The molecule has 0 aromatic heterocycles. The summed E-state index contributed by atoms with van der Waals surface area (Å²) < 4.78 is 24.0. The van der Waals surface area contributed by atoms with Crippen molar-refractivity contribution in [3.63, 3.8) is 0 Å². The predicted octanol–water partition coefficient (Wildman–Crippen LogP) is 4.95. The Bertz CT molecular complexity index is 1140. The molecule has 0 unspecified atom stereocenters. The molecule has 4 rings (SSSR count). The maximum Gasteiger partial charge on any atom is 0.262 e. The van der Waals surface area contributed by atoms with Crippen molar-refractivity contribution in [1.29, 1.82) is 0 Å². The number of nitrogens with zero attached hydrogens (tertiary/aromatic N) is 1. The molecule has 0 bridgehead atoms. The molecule has 1 heterocycles.